The molecule has 3 aliphatic rings. The molecule has 334 valence electrons. The lowest BCUT2D eigenvalue weighted by Gasteiger charge is -2.28. The summed E-state index contributed by atoms with van der Waals surface area (Å²) in [5, 5.41) is 7.20. The van der Waals surface area contributed by atoms with Crippen LogP contribution in [-0.2, 0) is 25.7 Å². The lowest BCUT2D eigenvalue weighted by atomic mass is 10.0. The average Bonchev–Trinajstić information content (AvgIpc) is 4.25. The summed E-state index contributed by atoms with van der Waals surface area (Å²) in [6.07, 6.45) is 4.72. The van der Waals surface area contributed by atoms with Gasteiger partial charge < -0.3 is 20.4 Å². The van der Waals surface area contributed by atoms with E-state index in [9.17, 15) is 23.6 Å². The molecule has 2 saturated carbocycles. The molecule has 4 amide bonds. The number of rotatable bonds is 17. The van der Waals surface area contributed by atoms with Crippen molar-refractivity contribution < 1.29 is 28.0 Å². The van der Waals surface area contributed by atoms with Gasteiger partial charge in [0.25, 0.3) is 5.91 Å². The number of nitrogens with zero attached hydrogens (tertiary/aromatic N) is 4. The topological polar surface area (TPSA) is 125 Å². The Morgan fingerprint density at radius 2 is 1.22 bits per heavy atom. The number of hydrogen-bond acceptors (Lipinski definition) is 8. The van der Waals surface area contributed by atoms with E-state index in [1.54, 1.807) is 36.4 Å². The van der Waals surface area contributed by atoms with Gasteiger partial charge in [0, 0.05) is 30.7 Å². The second-order valence-electron chi connectivity index (χ2n) is 17.2. The van der Waals surface area contributed by atoms with Gasteiger partial charge in [-0.25, -0.2) is 18.7 Å². The molecule has 5 unspecified atom stereocenters. The standard InChI is InChI=1S/C51H50F2N6O4S2/c1-2-39(52)28-58(50(62)45(35-9-5-3-6-10-35)56-47(60)37-21-22-37)30-44-54-26-42(64-44)33-17-13-31(14-18-33)32-15-19-34(20-16-32)43-27-55-49(65-43)41-25-40(53)29-59(41)51(63)46(36-11-7-4-8-12-36)57-48(61)38-23-24-38/h3-20,26-27,37-41,45-46H,2,21-25,28-30H2,1H3,(H,56,60)(H,57,61). The van der Waals surface area contributed by atoms with Gasteiger partial charge in [-0.2, -0.15) is 0 Å². The van der Waals surface area contributed by atoms with Crippen LogP contribution in [-0.4, -0.2) is 68.8 Å². The number of nitrogens with one attached hydrogen (secondary N) is 2. The van der Waals surface area contributed by atoms with Crippen LogP contribution in [0.4, 0.5) is 8.78 Å². The smallest absolute Gasteiger partial charge is 0.250 e. The first-order chi connectivity index (χ1) is 31.6. The Labute approximate surface area is 385 Å². The quantitative estimate of drug-likeness (QED) is 0.0940. The number of likely N-dealkylation sites (tertiary alicyclic amines) is 1. The highest BCUT2D eigenvalue weighted by molar-refractivity contribution is 7.15. The zero-order valence-electron chi connectivity index (χ0n) is 35.9. The second kappa shape index (κ2) is 19.5. The first-order valence-electron chi connectivity index (χ1n) is 22.3. The Bertz CT molecular complexity index is 2620. The van der Waals surface area contributed by atoms with Gasteiger partial charge in [-0.15, -0.1) is 22.7 Å². The molecule has 3 fully saturated rings. The van der Waals surface area contributed by atoms with Crippen LogP contribution in [0.25, 0.3) is 32.0 Å². The monoisotopic (exact) mass is 912 g/mol. The number of carbonyl (C=O) groups excluding carboxylic acids is 4. The molecule has 3 heterocycles. The van der Waals surface area contributed by atoms with Crippen LogP contribution < -0.4 is 10.6 Å². The lowest BCUT2D eigenvalue weighted by Crippen LogP contribution is -2.45. The molecule has 1 saturated heterocycles. The van der Waals surface area contributed by atoms with Gasteiger partial charge in [-0.05, 0) is 65.5 Å². The predicted octanol–water partition coefficient (Wildman–Crippen LogP) is 9.82. The van der Waals surface area contributed by atoms with E-state index in [-0.39, 0.29) is 67.9 Å². The van der Waals surface area contributed by atoms with Gasteiger partial charge in [-0.3, -0.25) is 19.2 Å². The molecule has 2 aromatic heterocycles. The number of aromatic nitrogens is 2. The van der Waals surface area contributed by atoms with E-state index < -0.39 is 30.5 Å². The van der Waals surface area contributed by atoms with Gasteiger partial charge in [0.05, 0.1) is 35.4 Å². The highest BCUT2D eigenvalue weighted by atomic mass is 32.1. The highest BCUT2D eigenvalue weighted by Crippen LogP contribution is 2.41. The molecule has 0 radical (unpaired) electrons. The van der Waals surface area contributed by atoms with Crippen molar-refractivity contribution >= 4 is 46.3 Å². The Morgan fingerprint density at radius 3 is 1.77 bits per heavy atom. The van der Waals surface area contributed by atoms with Gasteiger partial charge in [0.1, 0.15) is 34.4 Å². The fourth-order valence-electron chi connectivity index (χ4n) is 8.20. The van der Waals surface area contributed by atoms with Crippen LogP contribution in [0.3, 0.4) is 0 Å². The molecule has 14 heteroatoms. The first kappa shape index (κ1) is 44.1. The largest absolute Gasteiger partial charge is 0.340 e. The Morgan fingerprint density at radius 1 is 0.708 bits per heavy atom. The minimum atomic E-state index is -1.23. The highest BCUT2D eigenvalue weighted by Gasteiger charge is 2.42. The molecule has 1 aliphatic heterocycles. The van der Waals surface area contributed by atoms with Crippen molar-refractivity contribution in [3.8, 4) is 32.0 Å². The van der Waals surface area contributed by atoms with Crippen LogP contribution in [0.2, 0.25) is 0 Å². The van der Waals surface area contributed by atoms with E-state index in [2.05, 4.69) is 20.6 Å². The molecule has 4 aromatic carbocycles. The average molecular weight is 913 g/mol. The summed E-state index contributed by atoms with van der Waals surface area (Å²) in [6.45, 7) is 1.69. The van der Waals surface area contributed by atoms with E-state index in [0.717, 1.165) is 57.7 Å². The molecular formula is C51H50F2N6O4S2. The summed E-state index contributed by atoms with van der Waals surface area (Å²) < 4.78 is 30.1. The number of halogens is 2. The predicted molar refractivity (Wildman–Crippen MR) is 249 cm³/mol. The Balaban J connectivity index is 0.862. The molecule has 0 bridgehead atoms. The van der Waals surface area contributed by atoms with Crippen molar-refractivity contribution in [2.24, 2.45) is 11.8 Å². The van der Waals surface area contributed by atoms with Crippen molar-refractivity contribution in [3.05, 3.63) is 143 Å². The maximum absolute atomic E-state index is 15.1. The molecule has 10 nitrogen and oxygen atoms in total. The zero-order valence-corrected chi connectivity index (χ0v) is 37.6. The summed E-state index contributed by atoms with van der Waals surface area (Å²) in [5.41, 5.74) is 5.24. The van der Waals surface area contributed by atoms with Gasteiger partial charge in [0.15, 0.2) is 0 Å². The lowest BCUT2D eigenvalue weighted by molar-refractivity contribution is -0.138. The Hall–Kier alpha value is -6.12. The van der Waals surface area contributed by atoms with E-state index >= 15 is 4.39 Å². The van der Waals surface area contributed by atoms with Crippen LogP contribution in [0, 0.1) is 11.8 Å². The van der Waals surface area contributed by atoms with Crippen LogP contribution in [0.15, 0.2) is 122 Å². The minimum Gasteiger partial charge on any atom is -0.340 e. The van der Waals surface area contributed by atoms with Crippen molar-refractivity contribution in [1.82, 2.24) is 30.4 Å². The summed E-state index contributed by atoms with van der Waals surface area (Å²) in [6, 6.07) is 32.1. The number of amides is 4. The van der Waals surface area contributed by atoms with E-state index in [0.29, 0.717) is 21.1 Å². The molecular weight excluding hydrogens is 863 g/mol. The SMILES string of the molecule is CCC(F)CN(Cc1ncc(-c2ccc(-c3ccc(-c4cnc(C5CC(F)CN5C(=O)C(NC(=O)C5CC5)c5ccccc5)s4)cc3)cc2)s1)C(=O)C(NC(=O)C1CC1)c1ccccc1. The second-order valence-corrected chi connectivity index (χ2v) is 19.3. The van der Waals surface area contributed by atoms with Crippen molar-refractivity contribution in [2.45, 2.75) is 82.5 Å². The van der Waals surface area contributed by atoms with Gasteiger partial charge in [-0.1, -0.05) is 116 Å². The first-order valence-corrected chi connectivity index (χ1v) is 23.9. The molecule has 5 atom stereocenters. The van der Waals surface area contributed by atoms with Crippen molar-refractivity contribution in [3.63, 3.8) is 0 Å². The fourth-order valence-corrected chi connectivity index (χ4v) is 10.2. The third-order valence-electron chi connectivity index (χ3n) is 12.3. The Kier molecular flexibility index (Phi) is 13.3. The molecule has 6 aromatic rings. The third kappa shape index (κ3) is 10.4. The van der Waals surface area contributed by atoms with Crippen LogP contribution in [0.5, 0.6) is 0 Å². The van der Waals surface area contributed by atoms with E-state index in [1.807, 2.05) is 97.1 Å². The molecule has 65 heavy (non-hydrogen) atoms. The zero-order chi connectivity index (χ0) is 45.0. The summed E-state index contributed by atoms with van der Waals surface area (Å²) in [5.74, 6) is -1.17. The number of thiazole rings is 2. The molecule has 2 N–H and O–H groups in total. The van der Waals surface area contributed by atoms with Crippen molar-refractivity contribution in [2.75, 3.05) is 13.1 Å². The van der Waals surface area contributed by atoms with Gasteiger partial charge in [0.2, 0.25) is 17.7 Å². The van der Waals surface area contributed by atoms with Crippen LogP contribution >= 0.6 is 22.7 Å². The summed E-state index contributed by atoms with van der Waals surface area (Å²) >= 11 is 2.88. The maximum atomic E-state index is 15.1. The number of hydrogen-bond donors (Lipinski definition) is 2. The molecule has 2 aliphatic carbocycles. The summed E-state index contributed by atoms with van der Waals surface area (Å²) in [7, 11) is 0. The fraction of sp³-hybridized carbons (Fsp3) is 0.333. The number of alkyl halides is 2. The minimum absolute atomic E-state index is 0.0595. The van der Waals surface area contributed by atoms with E-state index in [1.165, 1.54) is 27.6 Å². The normalized spacial score (nSPS) is 18.4. The number of benzene rings is 4. The van der Waals surface area contributed by atoms with Crippen LogP contribution in [0.1, 0.15) is 84.7 Å². The van der Waals surface area contributed by atoms with Gasteiger partial charge >= 0.3 is 0 Å². The maximum Gasteiger partial charge on any atom is 0.250 e. The van der Waals surface area contributed by atoms with E-state index in [4.69, 9.17) is 0 Å². The third-order valence-corrected chi connectivity index (χ3v) is 14.5. The van der Waals surface area contributed by atoms with Crippen molar-refractivity contribution in [1.29, 1.82) is 0 Å². The molecule has 0 spiro atoms. The molecule has 9 rings (SSSR count). The number of carbonyl (C=O) groups is 4. The summed E-state index contributed by atoms with van der Waals surface area (Å²) in [4.78, 5) is 68.1.